The molecule has 1 fully saturated rings. The summed E-state index contributed by atoms with van der Waals surface area (Å²) in [5, 5.41) is 3.36. The van der Waals surface area contributed by atoms with Crippen LogP contribution in [0.4, 0.5) is 0 Å². The maximum atomic E-state index is 12.0. The molecule has 0 heterocycles. The van der Waals surface area contributed by atoms with Crippen LogP contribution in [0, 0.1) is 0 Å². The van der Waals surface area contributed by atoms with Gasteiger partial charge < -0.3 is 19.5 Å². The van der Waals surface area contributed by atoms with Crippen molar-refractivity contribution in [1.29, 1.82) is 0 Å². The van der Waals surface area contributed by atoms with Gasteiger partial charge in [0.2, 0.25) is 0 Å². The average Bonchev–Trinajstić information content (AvgIpc) is 3.25. The lowest BCUT2D eigenvalue weighted by atomic mass is 10.2. The van der Waals surface area contributed by atoms with Gasteiger partial charge in [0.1, 0.15) is 6.04 Å². The molecule has 0 aromatic rings. The topological polar surface area (TPSA) is 60.0 Å². The van der Waals surface area contributed by atoms with Crippen LogP contribution < -0.4 is 5.32 Å². The fourth-order valence-electron chi connectivity index (χ4n) is 1.97. The molecule has 0 aromatic carbocycles. The predicted molar refractivity (Wildman–Crippen MR) is 76.8 cm³/mol. The van der Waals surface area contributed by atoms with E-state index < -0.39 is 0 Å². The molecule has 1 saturated carbocycles. The van der Waals surface area contributed by atoms with Gasteiger partial charge in [-0.05, 0) is 19.8 Å². The molecule has 20 heavy (non-hydrogen) atoms. The van der Waals surface area contributed by atoms with Gasteiger partial charge in [0, 0.05) is 39.9 Å². The van der Waals surface area contributed by atoms with Crippen molar-refractivity contribution >= 4 is 5.97 Å². The standard InChI is InChI=1S/C14H28N2O4/c1-4-20-14(17)13(15-12-5-6-12)11-16(7-9-18-2)8-10-19-3/h12-13,15H,4-11H2,1-3H3. The van der Waals surface area contributed by atoms with Crippen LogP contribution in [0.15, 0.2) is 0 Å². The monoisotopic (exact) mass is 288 g/mol. The van der Waals surface area contributed by atoms with E-state index in [4.69, 9.17) is 14.2 Å². The molecule has 0 radical (unpaired) electrons. The van der Waals surface area contributed by atoms with E-state index in [0.29, 0.717) is 32.4 Å². The van der Waals surface area contributed by atoms with E-state index >= 15 is 0 Å². The number of ether oxygens (including phenoxy) is 3. The number of nitrogens with zero attached hydrogens (tertiary/aromatic N) is 1. The predicted octanol–water partition coefficient (Wildman–Crippen LogP) is 0.265. The average molecular weight is 288 g/mol. The highest BCUT2D eigenvalue weighted by atomic mass is 16.5. The summed E-state index contributed by atoms with van der Waals surface area (Å²) in [6, 6.07) is 0.201. The Balaban J connectivity index is 2.49. The third-order valence-corrected chi connectivity index (χ3v) is 3.25. The van der Waals surface area contributed by atoms with E-state index in [1.165, 1.54) is 0 Å². The van der Waals surface area contributed by atoms with Crippen LogP contribution >= 0.6 is 0 Å². The zero-order chi connectivity index (χ0) is 14.8. The van der Waals surface area contributed by atoms with Crippen molar-refractivity contribution < 1.29 is 19.0 Å². The Hall–Kier alpha value is -0.690. The molecular formula is C14H28N2O4. The number of hydrogen-bond donors (Lipinski definition) is 1. The van der Waals surface area contributed by atoms with Gasteiger partial charge >= 0.3 is 5.97 Å². The summed E-state index contributed by atoms with van der Waals surface area (Å²) in [6.45, 7) is 5.72. The number of carbonyl (C=O) groups excluding carboxylic acids is 1. The number of hydrogen-bond acceptors (Lipinski definition) is 6. The first kappa shape index (κ1) is 17.4. The smallest absolute Gasteiger partial charge is 0.324 e. The molecule has 118 valence electrons. The second-order valence-electron chi connectivity index (χ2n) is 5.03. The maximum absolute atomic E-state index is 12.0. The van der Waals surface area contributed by atoms with Crippen molar-refractivity contribution in [1.82, 2.24) is 10.2 Å². The second kappa shape index (κ2) is 10.1. The zero-order valence-electron chi connectivity index (χ0n) is 12.9. The Kier molecular flexibility index (Phi) is 8.77. The minimum atomic E-state index is -0.267. The summed E-state index contributed by atoms with van der Waals surface area (Å²) in [5.41, 5.74) is 0. The van der Waals surface area contributed by atoms with Gasteiger partial charge in [0.05, 0.1) is 19.8 Å². The molecule has 1 N–H and O–H groups in total. The number of rotatable bonds is 12. The largest absolute Gasteiger partial charge is 0.465 e. The molecule has 0 saturated heterocycles. The number of esters is 1. The van der Waals surface area contributed by atoms with Crippen LogP contribution in [0.1, 0.15) is 19.8 Å². The van der Waals surface area contributed by atoms with E-state index in [1.807, 2.05) is 6.92 Å². The number of nitrogens with one attached hydrogen (secondary N) is 1. The number of carbonyl (C=O) groups is 1. The van der Waals surface area contributed by atoms with E-state index in [1.54, 1.807) is 14.2 Å². The summed E-state index contributed by atoms with van der Waals surface area (Å²) in [7, 11) is 3.36. The Morgan fingerprint density at radius 1 is 1.25 bits per heavy atom. The van der Waals surface area contributed by atoms with Gasteiger partial charge in [-0.2, -0.15) is 0 Å². The van der Waals surface area contributed by atoms with Crippen LogP contribution in [0.2, 0.25) is 0 Å². The van der Waals surface area contributed by atoms with Crippen molar-refractivity contribution in [2.45, 2.75) is 31.8 Å². The van der Waals surface area contributed by atoms with Gasteiger partial charge in [-0.1, -0.05) is 0 Å². The molecular weight excluding hydrogens is 260 g/mol. The van der Waals surface area contributed by atoms with Crippen LogP contribution in [0.3, 0.4) is 0 Å². The first-order valence-electron chi connectivity index (χ1n) is 7.34. The van der Waals surface area contributed by atoms with Crippen LogP contribution in [0.25, 0.3) is 0 Å². The first-order valence-corrected chi connectivity index (χ1v) is 7.34. The molecule has 0 bridgehead atoms. The summed E-state index contributed by atoms with van der Waals surface area (Å²) in [4.78, 5) is 14.2. The van der Waals surface area contributed by atoms with Crippen molar-refractivity contribution in [3.05, 3.63) is 0 Å². The lowest BCUT2D eigenvalue weighted by Gasteiger charge is -2.26. The SMILES string of the molecule is CCOC(=O)C(CN(CCOC)CCOC)NC1CC1. The number of methoxy groups -OCH3 is 2. The van der Waals surface area contributed by atoms with Crippen molar-refractivity contribution in [3.8, 4) is 0 Å². The van der Waals surface area contributed by atoms with Gasteiger partial charge in [0.25, 0.3) is 0 Å². The third-order valence-electron chi connectivity index (χ3n) is 3.25. The fraction of sp³-hybridized carbons (Fsp3) is 0.929. The summed E-state index contributed by atoms with van der Waals surface area (Å²) in [6.07, 6.45) is 2.29. The summed E-state index contributed by atoms with van der Waals surface area (Å²) >= 11 is 0. The van der Waals surface area contributed by atoms with Crippen molar-refractivity contribution in [2.75, 3.05) is 53.7 Å². The van der Waals surface area contributed by atoms with Gasteiger partial charge in [-0.25, -0.2) is 0 Å². The molecule has 6 nitrogen and oxygen atoms in total. The van der Waals surface area contributed by atoms with Gasteiger partial charge in [-0.15, -0.1) is 0 Å². The minimum absolute atomic E-state index is 0.167. The Labute approximate surface area is 121 Å². The molecule has 1 aliphatic rings. The maximum Gasteiger partial charge on any atom is 0.324 e. The van der Waals surface area contributed by atoms with Crippen LogP contribution in [0.5, 0.6) is 0 Å². The van der Waals surface area contributed by atoms with E-state index in [9.17, 15) is 4.79 Å². The fourth-order valence-corrected chi connectivity index (χ4v) is 1.97. The quantitative estimate of drug-likeness (QED) is 0.520. The summed E-state index contributed by atoms with van der Waals surface area (Å²) < 4.78 is 15.4. The Morgan fingerprint density at radius 3 is 2.30 bits per heavy atom. The first-order chi connectivity index (χ1) is 9.71. The molecule has 0 amide bonds. The summed E-state index contributed by atoms with van der Waals surface area (Å²) in [5.74, 6) is -0.167. The minimum Gasteiger partial charge on any atom is -0.465 e. The molecule has 6 heteroatoms. The van der Waals surface area contributed by atoms with E-state index in [0.717, 1.165) is 25.9 Å². The molecule has 1 rings (SSSR count). The van der Waals surface area contributed by atoms with Crippen LogP contribution in [-0.4, -0.2) is 76.6 Å². The molecule has 1 atom stereocenters. The van der Waals surface area contributed by atoms with Gasteiger partial charge in [0.15, 0.2) is 0 Å². The Morgan fingerprint density at radius 2 is 1.85 bits per heavy atom. The third kappa shape index (κ3) is 7.19. The highest BCUT2D eigenvalue weighted by molar-refractivity contribution is 5.76. The second-order valence-corrected chi connectivity index (χ2v) is 5.03. The lowest BCUT2D eigenvalue weighted by molar-refractivity contribution is -0.146. The van der Waals surface area contributed by atoms with Gasteiger partial charge in [-0.3, -0.25) is 9.69 Å². The van der Waals surface area contributed by atoms with E-state index in [2.05, 4.69) is 10.2 Å². The highest BCUT2D eigenvalue weighted by Gasteiger charge is 2.30. The highest BCUT2D eigenvalue weighted by Crippen LogP contribution is 2.19. The normalized spacial score (nSPS) is 16.4. The molecule has 1 unspecified atom stereocenters. The molecule has 1 aliphatic carbocycles. The molecule has 0 spiro atoms. The lowest BCUT2D eigenvalue weighted by Crippen LogP contribution is -2.49. The Bertz CT molecular complexity index is 264. The zero-order valence-corrected chi connectivity index (χ0v) is 12.9. The molecule has 0 aromatic heterocycles. The van der Waals surface area contributed by atoms with Crippen LogP contribution in [-0.2, 0) is 19.0 Å². The van der Waals surface area contributed by atoms with Crippen molar-refractivity contribution in [3.63, 3.8) is 0 Å². The van der Waals surface area contributed by atoms with E-state index in [-0.39, 0.29) is 12.0 Å². The molecule has 0 aliphatic heterocycles. The van der Waals surface area contributed by atoms with Crippen molar-refractivity contribution in [2.24, 2.45) is 0 Å².